The molecule has 3 aromatic rings. The van der Waals surface area contributed by atoms with Gasteiger partial charge in [0.2, 0.25) is 0 Å². The lowest BCUT2D eigenvalue weighted by Gasteiger charge is -2.27. The van der Waals surface area contributed by atoms with E-state index < -0.39 is 0 Å². The van der Waals surface area contributed by atoms with E-state index >= 15 is 0 Å². The fourth-order valence-corrected chi connectivity index (χ4v) is 3.26. The molecule has 0 aliphatic carbocycles. The number of nitrogens with one attached hydrogen (secondary N) is 1. The Morgan fingerprint density at radius 2 is 2.28 bits per heavy atom. The van der Waals surface area contributed by atoms with Gasteiger partial charge >= 0.3 is 0 Å². The standard InChI is InChI=1S/C18H21N5O2/c1-3-23-10-13(12(2)21-23)9-22-7-6-15-14(11-22)18(24)20-17(19-15)16-5-4-8-25-16/h4-5,8,10H,3,6-7,9,11H2,1-2H3,(H,19,20,24). The van der Waals surface area contributed by atoms with E-state index in [0.717, 1.165) is 43.0 Å². The molecule has 0 saturated carbocycles. The van der Waals surface area contributed by atoms with E-state index in [1.807, 2.05) is 11.6 Å². The fourth-order valence-electron chi connectivity index (χ4n) is 3.26. The van der Waals surface area contributed by atoms with Crippen molar-refractivity contribution in [2.45, 2.75) is 39.9 Å². The summed E-state index contributed by atoms with van der Waals surface area (Å²) in [5, 5.41) is 4.50. The van der Waals surface area contributed by atoms with E-state index in [9.17, 15) is 4.79 Å². The smallest absolute Gasteiger partial charge is 0.256 e. The molecule has 1 aliphatic heterocycles. The number of hydrogen-bond acceptors (Lipinski definition) is 5. The molecule has 0 bridgehead atoms. The second-order valence-corrected chi connectivity index (χ2v) is 6.37. The predicted octanol–water partition coefficient (Wildman–Crippen LogP) is 2.11. The number of fused-ring (bicyclic) bond motifs is 1. The van der Waals surface area contributed by atoms with Crippen LogP contribution in [0.15, 0.2) is 33.8 Å². The molecule has 4 heterocycles. The third-order valence-electron chi connectivity index (χ3n) is 4.67. The van der Waals surface area contributed by atoms with Gasteiger partial charge in [-0.25, -0.2) is 4.98 Å². The van der Waals surface area contributed by atoms with Crippen molar-refractivity contribution in [3.63, 3.8) is 0 Å². The van der Waals surface area contributed by atoms with Gasteiger partial charge in [0.25, 0.3) is 5.56 Å². The summed E-state index contributed by atoms with van der Waals surface area (Å²) in [4.78, 5) is 22.2. The molecule has 1 N–H and O–H groups in total. The molecule has 130 valence electrons. The van der Waals surface area contributed by atoms with Crippen LogP contribution in [0.3, 0.4) is 0 Å². The first-order valence-corrected chi connectivity index (χ1v) is 8.55. The van der Waals surface area contributed by atoms with Crippen molar-refractivity contribution in [2.75, 3.05) is 6.54 Å². The van der Waals surface area contributed by atoms with Gasteiger partial charge in [0.1, 0.15) is 0 Å². The Kier molecular flexibility index (Phi) is 4.01. The maximum Gasteiger partial charge on any atom is 0.256 e. The van der Waals surface area contributed by atoms with Gasteiger partial charge in [-0.3, -0.25) is 14.4 Å². The highest BCUT2D eigenvalue weighted by molar-refractivity contribution is 5.47. The monoisotopic (exact) mass is 339 g/mol. The van der Waals surface area contributed by atoms with E-state index in [-0.39, 0.29) is 5.56 Å². The minimum absolute atomic E-state index is 0.0814. The Morgan fingerprint density at radius 1 is 1.40 bits per heavy atom. The highest BCUT2D eigenvalue weighted by Crippen LogP contribution is 2.20. The quantitative estimate of drug-likeness (QED) is 0.787. The number of hydrogen-bond donors (Lipinski definition) is 1. The van der Waals surface area contributed by atoms with Gasteiger partial charge in [-0.15, -0.1) is 0 Å². The molecule has 0 saturated heterocycles. The molecular formula is C18H21N5O2. The molecule has 0 atom stereocenters. The fraction of sp³-hybridized carbons (Fsp3) is 0.389. The number of nitrogens with zero attached hydrogens (tertiary/aromatic N) is 4. The molecule has 0 spiro atoms. The van der Waals surface area contributed by atoms with Gasteiger partial charge in [0.05, 0.1) is 23.2 Å². The maximum atomic E-state index is 12.5. The predicted molar refractivity (Wildman–Crippen MR) is 93.0 cm³/mol. The first kappa shape index (κ1) is 15.8. The summed E-state index contributed by atoms with van der Waals surface area (Å²) in [7, 11) is 0. The number of rotatable bonds is 4. The number of aromatic nitrogens is 4. The Morgan fingerprint density at radius 3 is 3.00 bits per heavy atom. The number of H-pyrrole nitrogens is 1. The van der Waals surface area contributed by atoms with Crippen LogP contribution in [0.1, 0.15) is 29.4 Å². The van der Waals surface area contributed by atoms with E-state index in [2.05, 4.69) is 33.1 Å². The molecule has 0 fully saturated rings. The topological polar surface area (TPSA) is 80.0 Å². The maximum absolute atomic E-state index is 12.5. The molecule has 1 aliphatic rings. The average molecular weight is 339 g/mol. The van der Waals surface area contributed by atoms with E-state index in [0.29, 0.717) is 18.1 Å². The summed E-state index contributed by atoms with van der Waals surface area (Å²) in [5.74, 6) is 1.09. The van der Waals surface area contributed by atoms with Gasteiger partial charge in [0, 0.05) is 44.4 Å². The summed E-state index contributed by atoms with van der Waals surface area (Å²) in [5.41, 5.74) is 3.80. The normalized spacial score (nSPS) is 14.6. The molecule has 0 amide bonds. The molecule has 0 aromatic carbocycles. The molecule has 4 rings (SSSR count). The number of furan rings is 1. The Bertz CT molecular complexity index is 939. The summed E-state index contributed by atoms with van der Waals surface area (Å²) < 4.78 is 7.29. The van der Waals surface area contributed by atoms with Crippen LogP contribution in [0, 0.1) is 6.92 Å². The van der Waals surface area contributed by atoms with Crippen LogP contribution in [0.2, 0.25) is 0 Å². The molecule has 0 radical (unpaired) electrons. The largest absolute Gasteiger partial charge is 0.461 e. The molecule has 3 aromatic heterocycles. The van der Waals surface area contributed by atoms with E-state index in [1.54, 1.807) is 18.4 Å². The number of aryl methyl sites for hydroxylation is 2. The third kappa shape index (κ3) is 3.02. The zero-order chi connectivity index (χ0) is 17.4. The van der Waals surface area contributed by atoms with Crippen molar-refractivity contribution in [3.05, 3.63) is 57.5 Å². The molecular weight excluding hydrogens is 318 g/mol. The van der Waals surface area contributed by atoms with Crippen molar-refractivity contribution < 1.29 is 4.42 Å². The van der Waals surface area contributed by atoms with Crippen LogP contribution in [0.4, 0.5) is 0 Å². The Balaban J connectivity index is 1.57. The summed E-state index contributed by atoms with van der Waals surface area (Å²) in [6.07, 6.45) is 4.43. The van der Waals surface area contributed by atoms with Crippen LogP contribution in [0.5, 0.6) is 0 Å². The summed E-state index contributed by atoms with van der Waals surface area (Å²) in [6.45, 7) is 7.25. The van der Waals surface area contributed by atoms with Gasteiger partial charge in [-0.2, -0.15) is 5.10 Å². The van der Waals surface area contributed by atoms with Gasteiger partial charge in [-0.1, -0.05) is 0 Å². The van der Waals surface area contributed by atoms with Crippen molar-refractivity contribution >= 4 is 0 Å². The van der Waals surface area contributed by atoms with Crippen LogP contribution >= 0.6 is 0 Å². The average Bonchev–Trinajstić information content (AvgIpc) is 3.26. The van der Waals surface area contributed by atoms with Crippen molar-refractivity contribution in [3.8, 4) is 11.6 Å². The molecule has 7 nitrogen and oxygen atoms in total. The minimum Gasteiger partial charge on any atom is -0.461 e. The first-order chi connectivity index (χ1) is 12.1. The summed E-state index contributed by atoms with van der Waals surface area (Å²) >= 11 is 0. The second kappa shape index (κ2) is 6.33. The van der Waals surface area contributed by atoms with Crippen LogP contribution in [-0.2, 0) is 26.1 Å². The van der Waals surface area contributed by atoms with Crippen LogP contribution < -0.4 is 5.56 Å². The van der Waals surface area contributed by atoms with Crippen molar-refractivity contribution in [1.29, 1.82) is 0 Å². The van der Waals surface area contributed by atoms with Gasteiger partial charge in [-0.05, 0) is 26.0 Å². The van der Waals surface area contributed by atoms with Crippen molar-refractivity contribution in [1.82, 2.24) is 24.6 Å². The Labute approximate surface area is 145 Å². The molecule has 0 unspecified atom stereocenters. The SMILES string of the molecule is CCn1cc(CN2CCc3nc(-c4ccco4)[nH]c(=O)c3C2)c(C)n1. The van der Waals surface area contributed by atoms with Crippen LogP contribution in [-0.4, -0.2) is 31.2 Å². The van der Waals surface area contributed by atoms with Gasteiger partial charge < -0.3 is 9.40 Å². The Hall–Kier alpha value is -2.67. The second-order valence-electron chi connectivity index (χ2n) is 6.37. The molecule has 7 heteroatoms. The third-order valence-corrected chi connectivity index (χ3v) is 4.67. The first-order valence-electron chi connectivity index (χ1n) is 8.55. The van der Waals surface area contributed by atoms with Gasteiger partial charge in [0.15, 0.2) is 11.6 Å². The lowest BCUT2D eigenvalue weighted by atomic mass is 10.1. The van der Waals surface area contributed by atoms with E-state index in [4.69, 9.17) is 4.42 Å². The highest BCUT2D eigenvalue weighted by Gasteiger charge is 2.23. The lowest BCUT2D eigenvalue weighted by molar-refractivity contribution is 0.241. The van der Waals surface area contributed by atoms with Crippen LogP contribution in [0.25, 0.3) is 11.6 Å². The van der Waals surface area contributed by atoms with Crippen molar-refractivity contribution in [2.24, 2.45) is 0 Å². The highest BCUT2D eigenvalue weighted by atomic mass is 16.3. The lowest BCUT2D eigenvalue weighted by Crippen LogP contribution is -2.35. The number of aromatic amines is 1. The molecule has 25 heavy (non-hydrogen) atoms. The summed E-state index contributed by atoms with van der Waals surface area (Å²) in [6, 6.07) is 3.59. The zero-order valence-corrected chi connectivity index (χ0v) is 14.5. The zero-order valence-electron chi connectivity index (χ0n) is 14.5. The van der Waals surface area contributed by atoms with E-state index in [1.165, 1.54) is 5.56 Å². The minimum atomic E-state index is -0.0814.